The maximum Gasteiger partial charge on any atom is 0.249 e. The maximum atomic E-state index is 13.9. The molecular weight excluding hydrogens is 506 g/mol. The second-order valence-electron chi connectivity index (χ2n) is 12.1. The van der Waals surface area contributed by atoms with Gasteiger partial charge < -0.3 is 5.32 Å². The Morgan fingerprint density at radius 3 is 2.59 bits per heavy atom. The Labute approximate surface area is 233 Å². The first kappa shape index (κ1) is 25.9. The molecule has 2 aromatic carbocycles. The lowest BCUT2D eigenvalue weighted by Gasteiger charge is -2.49. The van der Waals surface area contributed by atoms with Crippen LogP contribution >= 0.6 is 11.3 Å². The number of carbonyl (C=O) groups excluding carboxylic acids is 3. The number of fused-ring (bicyclic) bond motifs is 3. The lowest BCUT2D eigenvalue weighted by atomic mass is 9.62. The van der Waals surface area contributed by atoms with Gasteiger partial charge in [-0.05, 0) is 66.7 Å². The minimum absolute atomic E-state index is 0.232. The first-order valence-corrected chi connectivity index (χ1v) is 14.9. The van der Waals surface area contributed by atoms with E-state index in [1.165, 1.54) is 40.2 Å². The van der Waals surface area contributed by atoms with Crippen molar-refractivity contribution >= 4 is 34.2 Å². The van der Waals surface area contributed by atoms with Crippen LogP contribution in [0.15, 0.2) is 53.9 Å². The molecule has 39 heavy (non-hydrogen) atoms. The van der Waals surface area contributed by atoms with Crippen molar-refractivity contribution < 1.29 is 14.4 Å². The largest absolute Gasteiger partial charge is 0.300 e. The van der Waals surface area contributed by atoms with Crippen LogP contribution in [0.2, 0.25) is 0 Å². The Kier molecular flexibility index (Phi) is 6.45. The fourth-order valence-electron chi connectivity index (χ4n) is 6.83. The fourth-order valence-corrected chi connectivity index (χ4v) is 7.55. The first-order valence-electron chi connectivity index (χ1n) is 14.0. The van der Waals surface area contributed by atoms with E-state index in [-0.39, 0.29) is 30.1 Å². The highest BCUT2D eigenvalue weighted by Gasteiger charge is 2.65. The molecule has 2 fully saturated rings. The highest BCUT2D eigenvalue weighted by atomic mass is 32.1. The number of nitrogens with zero attached hydrogens (tertiary/aromatic N) is 2. The topological polar surface area (TPSA) is 79.4 Å². The molecule has 3 amide bonds. The van der Waals surface area contributed by atoms with Crippen molar-refractivity contribution in [3.8, 4) is 11.3 Å². The van der Waals surface area contributed by atoms with Crippen molar-refractivity contribution in [2.75, 3.05) is 5.32 Å². The van der Waals surface area contributed by atoms with Gasteiger partial charge in [-0.1, -0.05) is 63.2 Å². The summed E-state index contributed by atoms with van der Waals surface area (Å²) in [7, 11) is 0. The van der Waals surface area contributed by atoms with Gasteiger partial charge in [0, 0.05) is 23.3 Å². The molecule has 3 aliphatic rings. The van der Waals surface area contributed by atoms with Crippen LogP contribution in [0.4, 0.5) is 5.13 Å². The highest BCUT2D eigenvalue weighted by Crippen LogP contribution is 2.60. The summed E-state index contributed by atoms with van der Waals surface area (Å²) in [4.78, 5) is 47.6. The van der Waals surface area contributed by atoms with Crippen LogP contribution in [0.5, 0.6) is 0 Å². The number of aromatic nitrogens is 1. The second kappa shape index (κ2) is 9.70. The predicted molar refractivity (Wildman–Crippen MR) is 153 cm³/mol. The monoisotopic (exact) mass is 541 g/mol. The number of imide groups is 1. The quantitative estimate of drug-likeness (QED) is 0.385. The molecule has 2 aliphatic carbocycles. The summed E-state index contributed by atoms with van der Waals surface area (Å²) < 4.78 is 0. The zero-order chi connectivity index (χ0) is 27.4. The average Bonchev–Trinajstić information content (AvgIpc) is 3.47. The minimum Gasteiger partial charge on any atom is -0.300 e. The van der Waals surface area contributed by atoms with E-state index in [1.807, 2.05) is 56.5 Å². The van der Waals surface area contributed by atoms with E-state index >= 15 is 0 Å². The van der Waals surface area contributed by atoms with E-state index in [2.05, 4.69) is 23.5 Å². The molecule has 1 N–H and O–H groups in total. The number of benzene rings is 2. The number of nitrogens with one attached hydrogen (secondary N) is 1. The van der Waals surface area contributed by atoms with E-state index in [1.54, 1.807) is 0 Å². The Morgan fingerprint density at radius 1 is 1.08 bits per heavy atom. The second-order valence-corrected chi connectivity index (χ2v) is 12.9. The summed E-state index contributed by atoms with van der Waals surface area (Å²) in [6, 6.07) is 15.2. The lowest BCUT2D eigenvalue weighted by Crippen LogP contribution is -2.64. The Balaban J connectivity index is 1.28. The van der Waals surface area contributed by atoms with Crippen LogP contribution in [0.25, 0.3) is 11.3 Å². The third-order valence-corrected chi connectivity index (χ3v) is 10.5. The van der Waals surface area contributed by atoms with E-state index in [9.17, 15) is 14.4 Å². The zero-order valence-corrected chi connectivity index (χ0v) is 23.6. The third-order valence-electron chi connectivity index (χ3n) is 9.72. The molecule has 202 valence electrons. The molecule has 1 aliphatic heterocycles. The summed E-state index contributed by atoms with van der Waals surface area (Å²) in [6.07, 6.45) is 6.25. The maximum absolute atomic E-state index is 13.9. The van der Waals surface area contributed by atoms with Gasteiger partial charge >= 0.3 is 0 Å². The van der Waals surface area contributed by atoms with Gasteiger partial charge in [-0.15, -0.1) is 11.3 Å². The standard InChI is InChI=1S/C32H35N3O3S/c1-31(2)24-15-16-32(31,3)29(38)35(28(24)37)26(17-20-9-5-4-6-10-20)27(36)34-30-33-25(19-39-30)23-14-13-21-11-7-8-12-22(21)18-23/h4-6,9-10,13-14,18-19,24,26H,7-8,11-12,15-17H2,1-3H3,(H,33,34,36). The van der Waals surface area contributed by atoms with Crippen molar-refractivity contribution in [3.63, 3.8) is 0 Å². The number of rotatable bonds is 6. The normalized spacial score (nSPS) is 24.4. The van der Waals surface area contributed by atoms with Crippen molar-refractivity contribution in [1.82, 2.24) is 9.88 Å². The van der Waals surface area contributed by atoms with Gasteiger partial charge in [0.05, 0.1) is 11.1 Å². The number of anilines is 1. The Hall–Kier alpha value is -3.32. The molecule has 3 unspecified atom stereocenters. The molecule has 0 spiro atoms. The lowest BCUT2D eigenvalue weighted by molar-refractivity contribution is -0.172. The van der Waals surface area contributed by atoms with Crippen molar-refractivity contribution in [1.29, 1.82) is 0 Å². The van der Waals surface area contributed by atoms with Crippen molar-refractivity contribution in [3.05, 3.63) is 70.6 Å². The van der Waals surface area contributed by atoms with Gasteiger partial charge in [0.2, 0.25) is 17.7 Å². The van der Waals surface area contributed by atoms with Crippen molar-refractivity contribution in [2.24, 2.45) is 16.7 Å². The molecule has 1 saturated carbocycles. The number of carbonyl (C=O) groups is 3. The van der Waals surface area contributed by atoms with E-state index in [0.717, 1.165) is 29.7 Å². The number of piperidine rings is 1. The van der Waals surface area contributed by atoms with Gasteiger partial charge in [-0.25, -0.2) is 4.98 Å². The summed E-state index contributed by atoms with van der Waals surface area (Å²) in [5.41, 5.74) is 4.44. The molecule has 6 nitrogen and oxygen atoms in total. The zero-order valence-electron chi connectivity index (χ0n) is 22.8. The summed E-state index contributed by atoms with van der Waals surface area (Å²) in [5.74, 6) is -1.13. The Bertz CT molecular complexity index is 1450. The molecular formula is C32H35N3O3S. The molecule has 6 rings (SSSR count). The molecule has 7 heteroatoms. The van der Waals surface area contributed by atoms with Gasteiger partial charge in [0.15, 0.2) is 5.13 Å². The average molecular weight is 542 g/mol. The summed E-state index contributed by atoms with van der Waals surface area (Å²) in [6.45, 7) is 5.99. The highest BCUT2D eigenvalue weighted by molar-refractivity contribution is 7.14. The number of aryl methyl sites for hydroxylation is 2. The fraction of sp³-hybridized carbons (Fsp3) is 0.438. The number of hydrogen-bond donors (Lipinski definition) is 1. The van der Waals surface area contributed by atoms with E-state index in [4.69, 9.17) is 4.98 Å². The van der Waals surface area contributed by atoms with E-state index < -0.39 is 16.9 Å². The molecule has 1 aromatic heterocycles. The van der Waals surface area contributed by atoms with Crippen LogP contribution in [-0.2, 0) is 33.6 Å². The number of thiazole rings is 1. The molecule has 3 aromatic rings. The Morgan fingerprint density at radius 2 is 1.82 bits per heavy atom. The molecule has 3 atom stereocenters. The van der Waals surface area contributed by atoms with Crippen LogP contribution in [0.3, 0.4) is 0 Å². The van der Waals surface area contributed by atoms with Crippen LogP contribution < -0.4 is 5.32 Å². The number of likely N-dealkylation sites (tertiary alicyclic amines) is 1. The molecule has 2 heterocycles. The van der Waals surface area contributed by atoms with Crippen molar-refractivity contribution in [2.45, 2.75) is 71.8 Å². The minimum atomic E-state index is -0.945. The predicted octanol–water partition coefficient (Wildman–Crippen LogP) is 6.05. The summed E-state index contributed by atoms with van der Waals surface area (Å²) in [5, 5.41) is 5.38. The van der Waals surface area contributed by atoms with Crippen LogP contribution in [0.1, 0.15) is 63.1 Å². The number of hydrogen-bond acceptors (Lipinski definition) is 5. The summed E-state index contributed by atoms with van der Waals surface area (Å²) >= 11 is 1.36. The smallest absolute Gasteiger partial charge is 0.249 e. The number of amides is 3. The van der Waals surface area contributed by atoms with E-state index in [0.29, 0.717) is 18.0 Å². The third kappa shape index (κ3) is 4.31. The van der Waals surface area contributed by atoms with Gasteiger partial charge in [-0.2, -0.15) is 0 Å². The van der Waals surface area contributed by atoms with Crippen LogP contribution in [-0.4, -0.2) is 33.6 Å². The molecule has 0 radical (unpaired) electrons. The van der Waals surface area contributed by atoms with Gasteiger partial charge in [-0.3, -0.25) is 19.3 Å². The van der Waals surface area contributed by atoms with Crippen LogP contribution in [0, 0.1) is 16.7 Å². The molecule has 2 bridgehead atoms. The molecule has 1 saturated heterocycles. The SMILES string of the molecule is CC12CCC(C(=O)N(C(Cc3ccccc3)C(=O)Nc3nc(-c4ccc5c(c4)CCCC5)cs3)C1=O)C2(C)C. The van der Waals surface area contributed by atoms with Gasteiger partial charge in [0.25, 0.3) is 0 Å². The van der Waals surface area contributed by atoms with Gasteiger partial charge in [0.1, 0.15) is 6.04 Å². The first-order chi connectivity index (χ1) is 18.7.